The standard InChI is InChI=1S/C16H21N5O/c22-16(18-14-9-5-2-6-10-14)15(21-12-17-19-20-21)11-13-7-3-1-4-8-13/h1,3-4,7-8,12,14-15H,2,5-6,9-11H2,(H,18,22)/t15-/m1/s1. The number of carbonyl (C=O) groups excluding carboxylic acids is 1. The average molecular weight is 299 g/mol. The molecule has 6 nitrogen and oxygen atoms in total. The number of nitrogens with one attached hydrogen (secondary N) is 1. The molecule has 1 aliphatic rings. The first kappa shape index (κ1) is 14.7. The van der Waals surface area contributed by atoms with Crippen molar-refractivity contribution in [1.82, 2.24) is 25.5 Å². The van der Waals surface area contributed by atoms with E-state index in [4.69, 9.17) is 0 Å². The van der Waals surface area contributed by atoms with Crippen LogP contribution >= 0.6 is 0 Å². The predicted octanol–water partition coefficient (Wildman–Crippen LogP) is 1.91. The van der Waals surface area contributed by atoms with Crippen LogP contribution < -0.4 is 5.32 Å². The molecule has 0 spiro atoms. The third-order valence-electron chi connectivity index (χ3n) is 4.21. The van der Waals surface area contributed by atoms with Gasteiger partial charge in [-0.1, -0.05) is 49.6 Å². The quantitative estimate of drug-likeness (QED) is 0.915. The zero-order chi connectivity index (χ0) is 15.2. The summed E-state index contributed by atoms with van der Waals surface area (Å²) >= 11 is 0. The van der Waals surface area contributed by atoms with Crippen LogP contribution in [0.25, 0.3) is 0 Å². The predicted molar refractivity (Wildman–Crippen MR) is 82.0 cm³/mol. The van der Waals surface area contributed by atoms with E-state index in [1.807, 2.05) is 30.3 Å². The fourth-order valence-corrected chi connectivity index (χ4v) is 3.00. The molecule has 0 unspecified atom stereocenters. The molecule has 22 heavy (non-hydrogen) atoms. The van der Waals surface area contributed by atoms with Crippen LogP contribution in [0.1, 0.15) is 43.7 Å². The zero-order valence-corrected chi connectivity index (χ0v) is 12.6. The summed E-state index contributed by atoms with van der Waals surface area (Å²) in [6.07, 6.45) is 7.89. The highest BCUT2D eigenvalue weighted by molar-refractivity contribution is 5.80. The van der Waals surface area contributed by atoms with Gasteiger partial charge in [-0.2, -0.15) is 0 Å². The van der Waals surface area contributed by atoms with Crippen LogP contribution in [0.3, 0.4) is 0 Å². The van der Waals surface area contributed by atoms with Crippen molar-refractivity contribution in [2.75, 3.05) is 0 Å². The van der Waals surface area contributed by atoms with Crippen molar-refractivity contribution in [2.45, 2.75) is 50.6 Å². The zero-order valence-electron chi connectivity index (χ0n) is 12.6. The third-order valence-corrected chi connectivity index (χ3v) is 4.21. The maximum atomic E-state index is 12.7. The van der Waals surface area contributed by atoms with Crippen molar-refractivity contribution in [3.05, 3.63) is 42.2 Å². The molecule has 1 aromatic carbocycles. The maximum absolute atomic E-state index is 12.7. The van der Waals surface area contributed by atoms with Gasteiger partial charge in [0, 0.05) is 12.5 Å². The fraction of sp³-hybridized carbons (Fsp3) is 0.500. The minimum absolute atomic E-state index is 0.00283. The van der Waals surface area contributed by atoms with Crippen LogP contribution in [0.5, 0.6) is 0 Å². The smallest absolute Gasteiger partial charge is 0.245 e. The molecule has 1 N–H and O–H groups in total. The second kappa shape index (κ2) is 7.15. The van der Waals surface area contributed by atoms with Gasteiger partial charge in [-0.25, -0.2) is 4.68 Å². The number of benzene rings is 1. The number of hydrogen-bond donors (Lipinski definition) is 1. The second-order valence-electron chi connectivity index (χ2n) is 5.84. The SMILES string of the molecule is O=C(NC1CCCCC1)[C@@H](Cc1ccccc1)n1cnnn1. The van der Waals surface area contributed by atoms with Crippen molar-refractivity contribution in [3.63, 3.8) is 0 Å². The van der Waals surface area contributed by atoms with Crippen molar-refractivity contribution in [3.8, 4) is 0 Å². The monoisotopic (exact) mass is 299 g/mol. The first-order valence-corrected chi connectivity index (χ1v) is 7.90. The van der Waals surface area contributed by atoms with E-state index in [0.29, 0.717) is 6.42 Å². The summed E-state index contributed by atoms with van der Waals surface area (Å²) in [6.45, 7) is 0. The summed E-state index contributed by atoms with van der Waals surface area (Å²) < 4.78 is 1.55. The Kier molecular flexibility index (Phi) is 4.78. The Labute approximate surface area is 129 Å². The Hall–Kier alpha value is -2.24. The Morgan fingerprint density at radius 3 is 2.68 bits per heavy atom. The molecule has 116 valence electrons. The summed E-state index contributed by atoms with van der Waals surface area (Å²) in [7, 11) is 0. The van der Waals surface area contributed by atoms with Crippen molar-refractivity contribution < 1.29 is 4.79 Å². The lowest BCUT2D eigenvalue weighted by Crippen LogP contribution is -2.41. The minimum Gasteiger partial charge on any atom is -0.352 e. The van der Waals surface area contributed by atoms with E-state index in [-0.39, 0.29) is 11.9 Å². The van der Waals surface area contributed by atoms with Gasteiger partial charge in [0.15, 0.2) is 0 Å². The van der Waals surface area contributed by atoms with Gasteiger partial charge in [-0.15, -0.1) is 5.10 Å². The van der Waals surface area contributed by atoms with Gasteiger partial charge >= 0.3 is 0 Å². The number of nitrogens with zero attached hydrogens (tertiary/aromatic N) is 4. The average Bonchev–Trinajstić information content (AvgIpc) is 3.08. The molecule has 1 fully saturated rings. The molecule has 0 bridgehead atoms. The van der Waals surface area contributed by atoms with Crippen LogP contribution in [0, 0.1) is 0 Å². The van der Waals surface area contributed by atoms with E-state index >= 15 is 0 Å². The highest BCUT2D eigenvalue weighted by atomic mass is 16.2. The van der Waals surface area contributed by atoms with E-state index in [1.54, 1.807) is 4.68 Å². The lowest BCUT2D eigenvalue weighted by Gasteiger charge is -2.25. The van der Waals surface area contributed by atoms with Crippen molar-refractivity contribution >= 4 is 5.91 Å². The molecule has 1 amide bonds. The molecule has 0 aliphatic heterocycles. The normalized spacial score (nSPS) is 17.1. The van der Waals surface area contributed by atoms with Gasteiger partial charge in [0.1, 0.15) is 12.4 Å². The van der Waals surface area contributed by atoms with Gasteiger partial charge in [-0.05, 0) is 28.8 Å². The molecular weight excluding hydrogens is 278 g/mol. The van der Waals surface area contributed by atoms with Gasteiger partial charge in [-0.3, -0.25) is 4.79 Å². The van der Waals surface area contributed by atoms with Crippen LogP contribution in [0.4, 0.5) is 0 Å². The minimum atomic E-state index is -0.403. The second-order valence-corrected chi connectivity index (χ2v) is 5.84. The maximum Gasteiger partial charge on any atom is 0.245 e. The van der Waals surface area contributed by atoms with Gasteiger partial charge < -0.3 is 5.32 Å². The molecule has 1 saturated carbocycles. The highest BCUT2D eigenvalue weighted by Crippen LogP contribution is 2.19. The molecule has 1 aromatic heterocycles. The molecule has 0 saturated heterocycles. The molecule has 1 heterocycles. The number of aromatic nitrogens is 4. The number of amides is 1. The van der Waals surface area contributed by atoms with Crippen molar-refractivity contribution in [2.24, 2.45) is 0 Å². The molecule has 2 aromatic rings. The summed E-state index contributed by atoms with van der Waals surface area (Å²) in [6, 6.07) is 9.85. The lowest BCUT2D eigenvalue weighted by molar-refractivity contribution is -0.125. The van der Waals surface area contributed by atoms with E-state index < -0.39 is 6.04 Å². The number of carbonyl (C=O) groups is 1. The number of tetrazole rings is 1. The summed E-state index contributed by atoms with van der Waals surface area (Å²) in [5, 5.41) is 14.4. The summed E-state index contributed by atoms with van der Waals surface area (Å²) in [4.78, 5) is 12.7. The van der Waals surface area contributed by atoms with Gasteiger partial charge in [0.05, 0.1) is 0 Å². The highest BCUT2D eigenvalue weighted by Gasteiger charge is 2.25. The molecular formula is C16H21N5O. The van der Waals surface area contributed by atoms with Crippen LogP contribution in [-0.4, -0.2) is 32.2 Å². The number of rotatable bonds is 5. The Bertz CT molecular complexity index is 578. The fourth-order valence-electron chi connectivity index (χ4n) is 3.00. The largest absolute Gasteiger partial charge is 0.352 e. The van der Waals surface area contributed by atoms with Crippen LogP contribution in [0.2, 0.25) is 0 Å². The van der Waals surface area contributed by atoms with E-state index in [2.05, 4.69) is 20.8 Å². The topological polar surface area (TPSA) is 72.7 Å². The molecule has 1 aliphatic carbocycles. The molecule has 0 radical (unpaired) electrons. The Morgan fingerprint density at radius 2 is 2.00 bits per heavy atom. The number of hydrogen-bond acceptors (Lipinski definition) is 4. The molecule has 6 heteroatoms. The van der Waals surface area contributed by atoms with Gasteiger partial charge in [0.2, 0.25) is 5.91 Å². The third kappa shape index (κ3) is 3.69. The summed E-state index contributed by atoms with van der Waals surface area (Å²) in [5.41, 5.74) is 1.10. The molecule has 3 rings (SSSR count). The Balaban J connectivity index is 1.71. The van der Waals surface area contributed by atoms with Gasteiger partial charge in [0.25, 0.3) is 0 Å². The first-order chi connectivity index (χ1) is 10.8. The molecule has 1 atom stereocenters. The van der Waals surface area contributed by atoms with Crippen LogP contribution in [-0.2, 0) is 11.2 Å². The van der Waals surface area contributed by atoms with E-state index in [1.165, 1.54) is 25.6 Å². The lowest BCUT2D eigenvalue weighted by atomic mass is 9.95. The van der Waals surface area contributed by atoms with E-state index in [0.717, 1.165) is 18.4 Å². The van der Waals surface area contributed by atoms with E-state index in [9.17, 15) is 4.79 Å². The van der Waals surface area contributed by atoms with Crippen molar-refractivity contribution in [1.29, 1.82) is 0 Å². The first-order valence-electron chi connectivity index (χ1n) is 7.90. The Morgan fingerprint density at radius 1 is 1.23 bits per heavy atom. The summed E-state index contributed by atoms with van der Waals surface area (Å²) in [5.74, 6) is 0.00283. The van der Waals surface area contributed by atoms with Crippen LogP contribution in [0.15, 0.2) is 36.7 Å².